The summed E-state index contributed by atoms with van der Waals surface area (Å²) in [6, 6.07) is 11.8. The molecule has 0 bridgehead atoms. The van der Waals surface area contributed by atoms with Crippen molar-refractivity contribution in [1.82, 2.24) is 9.88 Å². The van der Waals surface area contributed by atoms with Crippen molar-refractivity contribution in [3.63, 3.8) is 0 Å². The number of hydrogen-bond acceptors (Lipinski definition) is 3. The Balaban J connectivity index is 1.48. The fourth-order valence-corrected chi connectivity index (χ4v) is 2.89. The summed E-state index contributed by atoms with van der Waals surface area (Å²) >= 11 is 0. The summed E-state index contributed by atoms with van der Waals surface area (Å²) in [7, 11) is 0. The predicted molar refractivity (Wildman–Crippen MR) is 89.5 cm³/mol. The zero-order chi connectivity index (χ0) is 16.1. The lowest BCUT2D eigenvalue weighted by molar-refractivity contribution is 0.0660. The number of piperidine rings is 1. The van der Waals surface area contributed by atoms with E-state index in [-0.39, 0.29) is 5.91 Å². The van der Waals surface area contributed by atoms with E-state index in [0.29, 0.717) is 11.5 Å². The van der Waals surface area contributed by atoms with Crippen LogP contribution in [-0.4, -0.2) is 35.5 Å². The Morgan fingerprint density at radius 1 is 1.26 bits per heavy atom. The van der Waals surface area contributed by atoms with E-state index in [1.807, 2.05) is 23.1 Å². The normalized spacial score (nSPS) is 15.4. The van der Waals surface area contributed by atoms with Crippen molar-refractivity contribution in [2.75, 3.05) is 19.7 Å². The van der Waals surface area contributed by atoms with Crippen molar-refractivity contribution in [1.29, 1.82) is 0 Å². The lowest BCUT2D eigenvalue weighted by Crippen LogP contribution is -2.39. The summed E-state index contributed by atoms with van der Waals surface area (Å²) in [6.45, 7) is 4.36. The van der Waals surface area contributed by atoms with E-state index < -0.39 is 0 Å². The summed E-state index contributed by atoms with van der Waals surface area (Å²) in [4.78, 5) is 18.3. The molecule has 0 aliphatic carbocycles. The molecule has 23 heavy (non-hydrogen) atoms. The molecule has 1 saturated heterocycles. The van der Waals surface area contributed by atoms with Gasteiger partial charge >= 0.3 is 0 Å². The van der Waals surface area contributed by atoms with Crippen molar-refractivity contribution in [2.45, 2.75) is 19.8 Å². The summed E-state index contributed by atoms with van der Waals surface area (Å²) in [6.07, 6.45) is 5.29. The Morgan fingerprint density at radius 2 is 2.09 bits per heavy atom. The van der Waals surface area contributed by atoms with Gasteiger partial charge < -0.3 is 9.64 Å². The van der Waals surface area contributed by atoms with Gasteiger partial charge in [0.2, 0.25) is 0 Å². The third kappa shape index (κ3) is 4.09. The highest BCUT2D eigenvalue weighted by molar-refractivity contribution is 5.93. The molecule has 1 aliphatic heterocycles. The Bertz CT molecular complexity index is 649. The smallest absolute Gasteiger partial charge is 0.255 e. The van der Waals surface area contributed by atoms with Crippen LogP contribution in [0.15, 0.2) is 48.8 Å². The van der Waals surface area contributed by atoms with Crippen molar-refractivity contribution in [2.24, 2.45) is 5.92 Å². The molecule has 1 aliphatic rings. The second kappa shape index (κ2) is 7.27. The van der Waals surface area contributed by atoms with Crippen LogP contribution >= 0.6 is 0 Å². The maximum absolute atomic E-state index is 12.4. The minimum Gasteiger partial charge on any atom is -0.493 e. The molecule has 4 heteroatoms. The quantitative estimate of drug-likeness (QED) is 0.870. The van der Waals surface area contributed by atoms with Crippen LogP contribution in [0.4, 0.5) is 0 Å². The summed E-state index contributed by atoms with van der Waals surface area (Å²) in [5, 5.41) is 0. The Kier molecular flexibility index (Phi) is 4.91. The first-order valence-electron chi connectivity index (χ1n) is 8.11. The lowest BCUT2D eigenvalue weighted by atomic mass is 9.97. The van der Waals surface area contributed by atoms with Crippen molar-refractivity contribution in [3.05, 3.63) is 59.9 Å². The van der Waals surface area contributed by atoms with Crippen molar-refractivity contribution in [3.8, 4) is 5.75 Å². The molecule has 0 N–H and O–H groups in total. The van der Waals surface area contributed by atoms with Gasteiger partial charge in [0, 0.05) is 25.5 Å². The minimum atomic E-state index is 0.0798. The molecule has 0 saturated carbocycles. The number of aromatic nitrogens is 1. The van der Waals surface area contributed by atoms with Gasteiger partial charge in [-0.05, 0) is 55.5 Å². The van der Waals surface area contributed by atoms with E-state index >= 15 is 0 Å². The largest absolute Gasteiger partial charge is 0.493 e. The average molecular weight is 310 g/mol. The number of amides is 1. The number of hydrogen-bond donors (Lipinski definition) is 0. The van der Waals surface area contributed by atoms with E-state index in [2.05, 4.69) is 24.0 Å². The van der Waals surface area contributed by atoms with Gasteiger partial charge in [0.1, 0.15) is 5.75 Å². The van der Waals surface area contributed by atoms with E-state index in [9.17, 15) is 4.79 Å². The molecule has 4 nitrogen and oxygen atoms in total. The molecule has 0 spiro atoms. The predicted octanol–water partition coefficient (Wildman–Crippen LogP) is 3.32. The molecule has 0 radical (unpaired) electrons. The Morgan fingerprint density at radius 3 is 2.78 bits per heavy atom. The van der Waals surface area contributed by atoms with Crippen LogP contribution < -0.4 is 4.74 Å². The maximum Gasteiger partial charge on any atom is 0.255 e. The monoisotopic (exact) mass is 310 g/mol. The molecule has 0 atom stereocenters. The van der Waals surface area contributed by atoms with Crippen LogP contribution in [0.25, 0.3) is 0 Å². The van der Waals surface area contributed by atoms with Gasteiger partial charge in [0.25, 0.3) is 5.91 Å². The highest BCUT2D eigenvalue weighted by atomic mass is 16.5. The number of rotatable bonds is 4. The Labute approximate surface area is 137 Å². The molecular formula is C19H22N2O2. The molecule has 2 aromatic rings. The summed E-state index contributed by atoms with van der Waals surface area (Å²) in [5.74, 6) is 1.52. The van der Waals surface area contributed by atoms with Gasteiger partial charge in [-0.2, -0.15) is 0 Å². The zero-order valence-electron chi connectivity index (χ0n) is 13.4. The van der Waals surface area contributed by atoms with Crippen molar-refractivity contribution < 1.29 is 9.53 Å². The molecule has 1 aromatic heterocycles. The van der Waals surface area contributed by atoms with Gasteiger partial charge in [-0.15, -0.1) is 0 Å². The fraction of sp³-hybridized carbons (Fsp3) is 0.368. The van der Waals surface area contributed by atoms with Crippen LogP contribution in [0.3, 0.4) is 0 Å². The van der Waals surface area contributed by atoms with E-state index in [0.717, 1.165) is 38.3 Å². The molecule has 1 aromatic carbocycles. The van der Waals surface area contributed by atoms with Crippen molar-refractivity contribution >= 4 is 5.91 Å². The highest BCUT2D eigenvalue weighted by Crippen LogP contribution is 2.21. The molecule has 1 amide bonds. The van der Waals surface area contributed by atoms with Gasteiger partial charge in [0.15, 0.2) is 0 Å². The number of ether oxygens (including phenoxy) is 1. The lowest BCUT2D eigenvalue weighted by Gasteiger charge is -2.31. The topological polar surface area (TPSA) is 42.4 Å². The summed E-state index contributed by atoms with van der Waals surface area (Å²) < 4.78 is 5.89. The van der Waals surface area contributed by atoms with E-state index in [1.54, 1.807) is 18.5 Å². The van der Waals surface area contributed by atoms with Crippen LogP contribution in [-0.2, 0) is 0 Å². The third-order valence-corrected chi connectivity index (χ3v) is 4.29. The van der Waals surface area contributed by atoms with Crippen LogP contribution in [0, 0.1) is 12.8 Å². The molecule has 1 fully saturated rings. The summed E-state index contributed by atoms with van der Waals surface area (Å²) in [5.41, 5.74) is 1.88. The standard InChI is InChI=1S/C19H22N2O2/c1-15-4-2-6-18(12-15)23-14-16-7-10-21(11-8-16)19(22)17-5-3-9-20-13-17/h2-6,9,12-13,16H,7-8,10-11,14H2,1H3. The Hall–Kier alpha value is -2.36. The van der Waals surface area contributed by atoms with Crippen LogP contribution in [0.2, 0.25) is 0 Å². The van der Waals surface area contributed by atoms with E-state index in [4.69, 9.17) is 4.74 Å². The van der Waals surface area contributed by atoms with Gasteiger partial charge in [-0.3, -0.25) is 9.78 Å². The van der Waals surface area contributed by atoms with Crippen LogP contribution in [0.5, 0.6) is 5.75 Å². The first-order chi connectivity index (χ1) is 11.2. The SMILES string of the molecule is Cc1cccc(OCC2CCN(C(=O)c3cccnc3)CC2)c1. The fourth-order valence-electron chi connectivity index (χ4n) is 2.89. The second-order valence-corrected chi connectivity index (χ2v) is 6.10. The zero-order valence-corrected chi connectivity index (χ0v) is 13.4. The molecule has 3 rings (SSSR count). The number of carbonyl (C=O) groups excluding carboxylic acids is 1. The number of pyridine rings is 1. The number of carbonyl (C=O) groups is 1. The first-order valence-corrected chi connectivity index (χ1v) is 8.11. The van der Waals surface area contributed by atoms with Gasteiger partial charge in [-0.25, -0.2) is 0 Å². The molecule has 2 heterocycles. The van der Waals surface area contributed by atoms with Gasteiger partial charge in [-0.1, -0.05) is 12.1 Å². The molecule has 120 valence electrons. The van der Waals surface area contributed by atoms with Crippen LogP contribution in [0.1, 0.15) is 28.8 Å². The first kappa shape index (κ1) is 15.5. The number of likely N-dealkylation sites (tertiary alicyclic amines) is 1. The highest BCUT2D eigenvalue weighted by Gasteiger charge is 2.24. The number of nitrogens with zero attached hydrogens (tertiary/aromatic N) is 2. The van der Waals surface area contributed by atoms with E-state index in [1.165, 1.54) is 5.56 Å². The average Bonchev–Trinajstić information content (AvgIpc) is 2.61. The number of benzene rings is 1. The third-order valence-electron chi connectivity index (χ3n) is 4.29. The molecular weight excluding hydrogens is 288 g/mol. The minimum absolute atomic E-state index is 0.0798. The maximum atomic E-state index is 12.4. The number of aryl methyl sites for hydroxylation is 1. The molecule has 0 unspecified atom stereocenters. The van der Waals surface area contributed by atoms with Gasteiger partial charge in [0.05, 0.1) is 12.2 Å². The second-order valence-electron chi connectivity index (χ2n) is 6.10.